The molecular weight excluding hydrogens is 224 g/mol. The first-order chi connectivity index (χ1) is 8.83. The molecule has 0 spiro atoms. The summed E-state index contributed by atoms with van der Waals surface area (Å²) in [5, 5.41) is 3.69. The van der Waals surface area contributed by atoms with Gasteiger partial charge in [0.25, 0.3) is 0 Å². The third-order valence-corrected chi connectivity index (χ3v) is 3.69. The van der Waals surface area contributed by atoms with E-state index in [1.807, 2.05) is 0 Å². The molecule has 18 heavy (non-hydrogen) atoms. The number of rotatable bonds is 6. The summed E-state index contributed by atoms with van der Waals surface area (Å²) < 4.78 is 5.18. The summed E-state index contributed by atoms with van der Waals surface area (Å²) in [5.41, 5.74) is 8.40. The molecule has 0 saturated heterocycles. The van der Waals surface area contributed by atoms with Crippen molar-refractivity contribution in [1.29, 1.82) is 0 Å². The number of nitrogens with two attached hydrogens (primary N) is 1. The molecule has 0 bridgehead atoms. The molecular formula is C15H24N2O. The molecule has 2 rings (SSSR count). The van der Waals surface area contributed by atoms with Crippen LogP contribution in [0, 0.1) is 0 Å². The first-order valence-electron chi connectivity index (χ1n) is 6.87. The third kappa shape index (κ3) is 3.55. The van der Waals surface area contributed by atoms with Crippen LogP contribution in [0.5, 0.6) is 0 Å². The van der Waals surface area contributed by atoms with Crippen molar-refractivity contribution in [3.05, 3.63) is 35.4 Å². The highest BCUT2D eigenvalue weighted by Crippen LogP contribution is 2.22. The molecule has 100 valence electrons. The van der Waals surface area contributed by atoms with Gasteiger partial charge in [0.15, 0.2) is 0 Å². The minimum atomic E-state index is 0.268. The van der Waals surface area contributed by atoms with Gasteiger partial charge in [0.2, 0.25) is 0 Å². The van der Waals surface area contributed by atoms with Crippen LogP contribution in [0.3, 0.4) is 0 Å². The lowest BCUT2D eigenvalue weighted by molar-refractivity contribution is 0.185. The van der Waals surface area contributed by atoms with Crippen molar-refractivity contribution < 1.29 is 4.74 Å². The maximum absolute atomic E-state index is 5.91. The molecule has 1 fully saturated rings. The molecule has 1 aromatic carbocycles. The van der Waals surface area contributed by atoms with Crippen LogP contribution in [0.25, 0.3) is 0 Å². The third-order valence-electron chi connectivity index (χ3n) is 3.69. The molecule has 3 N–H and O–H groups in total. The molecule has 0 heterocycles. The SMILES string of the molecule is COCc1cccc(C(CN)NC2CCCC2)c1. The Labute approximate surface area is 110 Å². The number of benzene rings is 1. The van der Waals surface area contributed by atoms with E-state index in [9.17, 15) is 0 Å². The van der Waals surface area contributed by atoms with Crippen molar-refractivity contribution in [3.8, 4) is 0 Å². The fraction of sp³-hybridized carbons (Fsp3) is 0.600. The Hall–Kier alpha value is -0.900. The van der Waals surface area contributed by atoms with Gasteiger partial charge in [-0.2, -0.15) is 0 Å². The molecule has 0 amide bonds. The van der Waals surface area contributed by atoms with Crippen LogP contribution in [-0.4, -0.2) is 19.7 Å². The Morgan fingerprint density at radius 2 is 2.17 bits per heavy atom. The molecule has 1 aliphatic carbocycles. The molecule has 1 atom stereocenters. The van der Waals surface area contributed by atoms with Gasteiger partial charge in [0.1, 0.15) is 0 Å². The van der Waals surface area contributed by atoms with Crippen LogP contribution >= 0.6 is 0 Å². The number of methoxy groups -OCH3 is 1. The molecule has 0 aromatic heterocycles. The average molecular weight is 248 g/mol. The summed E-state index contributed by atoms with van der Waals surface area (Å²) in [6, 6.07) is 9.44. The predicted molar refractivity (Wildman–Crippen MR) is 74.3 cm³/mol. The lowest BCUT2D eigenvalue weighted by Gasteiger charge is -2.22. The minimum Gasteiger partial charge on any atom is -0.380 e. The van der Waals surface area contributed by atoms with Crippen LogP contribution in [0.4, 0.5) is 0 Å². The smallest absolute Gasteiger partial charge is 0.0713 e. The van der Waals surface area contributed by atoms with Crippen molar-refractivity contribution in [3.63, 3.8) is 0 Å². The summed E-state index contributed by atoms with van der Waals surface area (Å²) in [6.45, 7) is 1.31. The van der Waals surface area contributed by atoms with Crippen LogP contribution < -0.4 is 11.1 Å². The molecule has 1 unspecified atom stereocenters. The fourth-order valence-electron chi connectivity index (χ4n) is 2.74. The first kappa shape index (κ1) is 13.5. The first-order valence-corrected chi connectivity index (χ1v) is 6.87. The lowest BCUT2D eigenvalue weighted by Crippen LogP contribution is -2.35. The summed E-state index contributed by atoms with van der Waals surface area (Å²) in [6.07, 6.45) is 5.26. The quantitative estimate of drug-likeness (QED) is 0.812. The molecule has 0 radical (unpaired) electrons. The number of hydrogen-bond donors (Lipinski definition) is 2. The summed E-state index contributed by atoms with van der Waals surface area (Å²) in [7, 11) is 1.73. The highest BCUT2D eigenvalue weighted by Gasteiger charge is 2.19. The molecule has 0 aliphatic heterocycles. The summed E-state index contributed by atoms with van der Waals surface area (Å²) >= 11 is 0. The Balaban J connectivity index is 2.03. The van der Waals surface area contributed by atoms with Crippen LogP contribution in [0.15, 0.2) is 24.3 Å². The van der Waals surface area contributed by atoms with Crippen molar-refractivity contribution in [2.45, 2.75) is 44.4 Å². The van der Waals surface area contributed by atoms with E-state index < -0.39 is 0 Å². The van der Waals surface area contributed by atoms with E-state index >= 15 is 0 Å². The topological polar surface area (TPSA) is 47.3 Å². The largest absolute Gasteiger partial charge is 0.380 e. The highest BCUT2D eigenvalue weighted by molar-refractivity contribution is 5.26. The van der Waals surface area contributed by atoms with Gasteiger partial charge in [-0.1, -0.05) is 37.1 Å². The van der Waals surface area contributed by atoms with E-state index in [4.69, 9.17) is 10.5 Å². The second-order valence-corrected chi connectivity index (χ2v) is 5.11. The van der Waals surface area contributed by atoms with Gasteiger partial charge in [0.05, 0.1) is 6.61 Å². The van der Waals surface area contributed by atoms with Crippen LogP contribution in [-0.2, 0) is 11.3 Å². The van der Waals surface area contributed by atoms with Gasteiger partial charge in [-0.3, -0.25) is 0 Å². The second-order valence-electron chi connectivity index (χ2n) is 5.11. The summed E-state index contributed by atoms with van der Waals surface area (Å²) in [4.78, 5) is 0. The number of ether oxygens (including phenoxy) is 1. The maximum atomic E-state index is 5.91. The summed E-state index contributed by atoms with van der Waals surface area (Å²) in [5.74, 6) is 0. The van der Waals surface area contributed by atoms with E-state index in [1.165, 1.54) is 36.8 Å². The standard InChI is InChI=1S/C15H24N2O/c1-18-11-12-5-4-6-13(9-12)15(10-16)17-14-7-2-3-8-14/h4-6,9,14-15,17H,2-3,7-8,10-11,16H2,1H3. The van der Waals surface area contributed by atoms with Crippen molar-refractivity contribution >= 4 is 0 Å². The van der Waals surface area contributed by atoms with Gasteiger partial charge in [-0.05, 0) is 24.0 Å². The zero-order valence-corrected chi connectivity index (χ0v) is 11.2. The predicted octanol–water partition coefficient (Wildman–Crippen LogP) is 2.37. The Kier molecular flexibility index (Phi) is 5.17. The lowest BCUT2D eigenvalue weighted by atomic mass is 10.0. The van der Waals surface area contributed by atoms with Gasteiger partial charge in [-0.25, -0.2) is 0 Å². The molecule has 3 nitrogen and oxygen atoms in total. The maximum Gasteiger partial charge on any atom is 0.0713 e. The fourth-order valence-corrected chi connectivity index (χ4v) is 2.74. The Bertz CT molecular complexity index is 361. The van der Waals surface area contributed by atoms with Crippen LogP contribution in [0.1, 0.15) is 42.9 Å². The van der Waals surface area contributed by atoms with Crippen LogP contribution in [0.2, 0.25) is 0 Å². The molecule has 3 heteroatoms. The zero-order valence-electron chi connectivity index (χ0n) is 11.2. The van der Waals surface area contributed by atoms with Crippen molar-refractivity contribution in [1.82, 2.24) is 5.32 Å². The average Bonchev–Trinajstić information content (AvgIpc) is 2.89. The Morgan fingerprint density at radius 1 is 1.39 bits per heavy atom. The van der Waals surface area contributed by atoms with E-state index in [-0.39, 0.29) is 6.04 Å². The van der Waals surface area contributed by atoms with Crippen molar-refractivity contribution in [2.24, 2.45) is 5.73 Å². The molecule has 1 saturated carbocycles. The minimum absolute atomic E-state index is 0.268. The van der Waals surface area contributed by atoms with E-state index in [2.05, 4.69) is 29.6 Å². The monoisotopic (exact) mass is 248 g/mol. The Morgan fingerprint density at radius 3 is 2.83 bits per heavy atom. The normalized spacial score (nSPS) is 18.1. The van der Waals surface area contributed by atoms with Gasteiger partial charge in [-0.15, -0.1) is 0 Å². The van der Waals surface area contributed by atoms with E-state index in [0.717, 1.165) is 0 Å². The second kappa shape index (κ2) is 6.88. The zero-order chi connectivity index (χ0) is 12.8. The van der Waals surface area contributed by atoms with Gasteiger partial charge in [0, 0.05) is 25.7 Å². The molecule has 1 aromatic rings. The van der Waals surface area contributed by atoms with E-state index in [1.54, 1.807) is 7.11 Å². The number of hydrogen-bond acceptors (Lipinski definition) is 3. The van der Waals surface area contributed by atoms with Crippen molar-refractivity contribution in [2.75, 3.05) is 13.7 Å². The van der Waals surface area contributed by atoms with Gasteiger partial charge >= 0.3 is 0 Å². The van der Waals surface area contributed by atoms with E-state index in [0.29, 0.717) is 19.2 Å². The highest BCUT2D eigenvalue weighted by atomic mass is 16.5. The number of nitrogens with one attached hydrogen (secondary N) is 1. The molecule has 1 aliphatic rings. The van der Waals surface area contributed by atoms with Gasteiger partial charge < -0.3 is 15.8 Å².